The van der Waals surface area contributed by atoms with Crippen LogP contribution in [0.4, 0.5) is 4.79 Å². The number of nitrogens with one attached hydrogen (secondary N) is 3. The maximum atomic E-state index is 12.7. The molecule has 13 nitrogen and oxygen atoms in total. The second-order valence-corrected chi connectivity index (χ2v) is 7.41. The molecule has 0 aliphatic rings. The van der Waals surface area contributed by atoms with Crippen molar-refractivity contribution in [3.05, 3.63) is 35.9 Å². The topological polar surface area (TPSA) is 206 Å². The number of primary amides is 1. The number of hydrogen-bond acceptors (Lipinski definition) is 9. The maximum Gasteiger partial charge on any atom is 0.408 e. The van der Waals surface area contributed by atoms with Crippen LogP contribution in [0.2, 0.25) is 0 Å². The predicted molar refractivity (Wildman–Crippen MR) is 117 cm³/mol. The van der Waals surface area contributed by atoms with E-state index in [2.05, 4.69) is 20.7 Å². The molecule has 0 aliphatic carbocycles. The Hall–Kier alpha value is -3.71. The van der Waals surface area contributed by atoms with Gasteiger partial charge in [-0.05, 0) is 19.4 Å². The smallest absolute Gasteiger partial charge is 0.408 e. The third kappa shape index (κ3) is 9.42. The van der Waals surface area contributed by atoms with E-state index in [0.29, 0.717) is 5.56 Å². The molecule has 0 spiro atoms. The molecule has 1 rings (SSSR count). The van der Waals surface area contributed by atoms with E-state index >= 15 is 0 Å². The molecule has 0 radical (unpaired) electrons. The van der Waals surface area contributed by atoms with Crippen LogP contribution in [0.1, 0.15) is 25.8 Å². The normalized spacial score (nSPS) is 15.0. The Morgan fingerprint density at radius 3 is 2.00 bits per heavy atom. The van der Waals surface area contributed by atoms with Gasteiger partial charge >= 0.3 is 12.1 Å². The number of carbonyl (C=O) groups excluding carboxylic acids is 5. The molecule has 1 aromatic rings. The Labute approximate surface area is 196 Å². The van der Waals surface area contributed by atoms with Gasteiger partial charge in [-0.15, -0.1) is 0 Å². The minimum Gasteiger partial charge on any atom is -0.467 e. The first-order valence-electron chi connectivity index (χ1n) is 10.3. The van der Waals surface area contributed by atoms with E-state index < -0.39 is 66.5 Å². The second-order valence-electron chi connectivity index (χ2n) is 7.41. The number of methoxy groups -OCH3 is 1. The number of nitrogens with two attached hydrogens (primary N) is 1. The predicted octanol–water partition coefficient (Wildman–Crippen LogP) is -1.94. The third-order valence-corrected chi connectivity index (χ3v) is 4.52. The van der Waals surface area contributed by atoms with Crippen LogP contribution in [0.3, 0.4) is 0 Å². The summed E-state index contributed by atoms with van der Waals surface area (Å²) in [5, 5.41) is 26.2. The number of aliphatic hydroxyl groups excluding tert-OH is 2. The van der Waals surface area contributed by atoms with Crippen LogP contribution < -0.4 is 21.7 Å². The van der Waals surface area contributed by atoms with Gasteiger partial charge in [0, 0.05) is 0 Å². The standard InChI is InChI=1S/C21H30N4O9/c1-11(26)16(25-21(32)34-10-13-7-5-4-6-8-13)19(30)23-14(9-15(22)28)18(29)24-17(12(2)27)20(31)33-3/h4-8,11-12,14,16-17,26-27H,9-10H2,1-3H3,(H2,22,28)(H,23,30)(H,24,29)(H,25,32). The van der Waals surface area contributed by atoms with Gasteiger partial charge in [0.25, 0.3) is 0 Å². The minimum absolute atomic E-state index is 0.0954. The molecule has 0 saturated heterocycles. The number of ether oxygens (including phenoxy) is 2. The van der Waals surface area contributed by atoms with Crippen LogP contribution in [-0.4, -0.2) is 77.4 Å². The van der Waals surface area contributed by atoms with Gasteiger partial charge < -0.3 is 41.4 Å². The molecule has 0 bridgehead atoms. The average molecular weight is 482 g/mol. The van der Waals surface area contributed by atoms with Gasteiger partial charge in [0.2, 0.25) is 17.7 Å². The zero-order valence-corrected chi connectivity index (χ0v) is 19.0. The molecular formula is C21H30N4O9. The van der Waals surface area contributed by atoms with E-state index in [0.717, 1.165) is 7.11 Å². The number of alkyl carbamates (subject to hydrolysis) is 1. The van der Waals surface area contributed by atoms with Gasteiger partial charge in [-0.3, -0.25) is 14.4 Å². The lowest BCUT2D eigenvalue weighted by atomic mass is 10.1. The summed E-state index contributed by atoms with van der Waals surface area (Å²) in [6.45, 7) is 2.34. The highest BCUT2D eigenvalue weighted by molar-refractivity contribution is 5.95. The Morgan fingerprint density at radius 2 is 1.50 bits per heavy atom. The number of aliphatic hydroxyl groups is 2. The van der Waals surface area contributed by atoms with Crippen molar-refractivity contribution >= 4 is 29.8 Å². The molecule has 5 atom stereocenters. The lowest BCUT2D eigenvalue weighted by Gasteiger charge is -2.26. The highest BCUT2D eigenvalue weighted by atomic mass is 16.5. The molecular weight excluding hydrogens is 452 g/mol. The Morgan fingerprint density at radius 1 is 0.912 bits per heavy atom. The SMILES string of the molecule is COC(=O)C(NC(=O)C(CC(N)=O)NC(=O)C(NC(=O)OCc1ccccc1)C(C)O)C(C)O. The van der Waals surface area contributed by atoms with Crippen molar-refractivity contribution in [3.8, 4) is 0 Å². The van der Waals surface area contributed by atoms with Gasteiger partial charge in [0.1, 0.15) is 18.7 Å². The van der Waals surface area contributed by atoms with Crippen molar-refractivity contribution < 1.29 is 43.7 Å². The van der Waals surface area contributed by atoms with Crippen LogP contribution in [-0.2, 0) is 35.3 Å². The summed E-state index contributed by atoms with van der Waals surface area (Å²) in [4.78, 5) is 60.6. The zero-order valence-electron chi connectivity index (χ0n) is 19.0. The first-order valence-corrected chi connectivity index (χ1v) is 10.3. The number of esters is 1. The van der Waals surface area contributed by atoms with Gasteiger partial charge in [-0.25, -0.2) is 9.59 Å². The van der Waals surface area contributed by atoms with Crippen molar-refractivity contribution in [3.63, 3.8) is 0 Å². The van der Waals surface area contributed by atoms with E-state index in [9.17, 15) is 34.2 Å². The Balaban J connectivity index is 2.87. The molecule has 0 heterocycles. The summed E-state index contributed by atoms with van der Waals surface area (Å²) < 4.78 is 9.52. The third-order valence-electron chi connectivity index (χ3n) is 4.52. The summed E-state index contributed by atoms with van der Waals surface area (Å²) in [7, 11) is 1.04. The van der Waals surface area contributed by atoms with Crippen LogP contribution >= 0.6 is 0 Å². The number of amides is 4. The Kier molecular flexibility index (Phi) is 11.5. The minimum atomic E-state index is -1.58. The number of hydrogen-bond donors (Lipinski definition) is 6. The molecule has 188 valence electrons. The van der Waals surface area contributed by atoms with Crippen LogP contribution in [0.15, 0.2) is 30.3 Å². The van der Waals surface area contributed by atoms with Crippen LogP contribution in [0, 0.1) is 0 Å². The monoisotopic (exact) mass is 482 g/mol. The molecule has 0 fully saturated rings. The van der Waals surface area contributed by atoms with Crippen molar-refractivity contribution in [2.45, 2.75) is 57.2 Å². The first-order chi connectivity index (χ1) is 16.0. The lowest BCUT2D eigenvalue weighted by Crippen LogP contribution is -2.59. The first kappa shape index (κ1) is 28.3. The Bertz CT molecular complexity index is 861. The van der Waals surface area contributed by atoms with E-state index in [-0.39, 0.29) is 6.61 Å². The van der Waals surface area contributed by atoms with Crippen molar-refractivity contribution in [2.75, 3.05) is 7.11 Å². The van der Waals surface area contributed by atoms with Gasteiger partial charge in [-0.2, -0.15) is 0 Å². The second kappa shape index (κ2) is 13.7. The summed E-state index contributed by atoms with van der Waals surface area (Å²) in [5.74, 6) is -3.98. The number of carbonyl (C=O) groups is 5. The van der Waals surface area contributed by atoms with Gasteiger partial charge in [-0.1, -0.05) is 30.3 Å². The molecule has 0 saturated carbocycles. The molecule has 0 aliphatic heterocycles. The van der Waals surface area contributed by atoms with E-state index in [1.54, 1.807) is 30.3 Å². The lowest BCUT2D eigenvalue weighted by molar-refractivity contribution is -0.148. The number of benzene rings is 1. The maximum absolute atomic E-state index is 12.7. The molecule has 5 unspecified atom stereocenters. The highest BCUT2D eigenvalue weighted by Crippen LogP contribution is 2.04. The summed E-state index contributed by atoms with van der Waals surface area (Å²) in [6, 6.07) is 4.08. The molecule has 7 N–H and O–H groups in total. The summed E-state index contributed by atoms with van der Waals surface area (Å²) in [5.41, 5.74) is 5.83. The number of rotatable bonds is 12. The fourth-order valence-electron chi connectivity index (χ4n) is 2.73. The zero-order chi connectivity index (χ0) is 25.8. The van der Waals surface area contributed by atoms with E-state index in [1.807, 2.05) is 0 Å². The van der Waals surface area contributed by atoms with Crippen LogP contribution in [0.5, 0.6) is 0 Å². The molecule has 1 aromatic carbocycles. The molecule has 34 heavy (non-hydrogen) atoms. The van der Waals surface area contributed by atoms with Crippen molar-refractivity contribution in [1.29, 1.82) is 0 Å². The van der Waals surface area contributed by atoms with Crippen molar-refractivity contribution in [1.82, 2.24) is 16.0 Å². The largest absolute Gasteiger partial charge is 0.467 e. The van der Waals surface area contributed by atoms with Gasteiger partial charge in [0.15, 0.2) is 6.04 Å². The van der Waals surface area contributed by atoms with Crippen LogP contribution in [0.25, 0.3) is 0 Å². The molecule has 13 heteroatoms. The van der Waals surface area contributed by atoms with E-state index in [1.165, 1.54) is 13.8 Å². The van der Waals surface area contributed by atoms with Crippen molar-refractivity contribution in [2.24, 2.45) is 5.73 Å². The summed E-state index contributed by atoms with van der Waals surface area (Å²) in [6.07, 6.45) is -4.45. The quantitative estimate of drug-likeness (QED) is 0.183. The average Bonchev–Trinajstić information content (AvgIpc) is 2.78. The van der Waals surface area contributed by atoms with Gasteiger partial charge in [0.05, 0.1) is 25.7 Å². The highest BCUT2D eigenvalue weighted by Gasteiger charge is 2.34. The fraction of sp³-hybridized carbons (Fsp3) is 0.476. The molecule has 0 aromatic heterocycles. The fourth-order valence-corrected chi connectivity index (χ4v) is 2.73. The van der Waals surface area contributed by atoms with E-state index in [4.69, 9.17) is 10.5 Å². The molecule has 4 amide bonds. The summed E-state index contributed by atoms with van der Waals surface area (Å²) >= 11 is 0.